The van der Waals surface area contributed by atoms with Gasteiger partial charge in [0.05, 0.1) is 16.9 Å². The molecular formula is C12H16N2O3. The predicted octanol–water partition coefficient (Wildman–Crippen LogP) is 0.786. The first-order valence-corrected chi connectivity index (χ1v) is 5.61. The molecule has 1 aromatic carbocycles. The van der Waals surface area contributed by atoms with E-state index in [0.29, 0.717) is 17.9 Å². The Morgan fingerprint density at radius 1 is 1.53 bits per heavy atom. The summed E-state index contributed by atoms with van der Waals surface area (Å²) in [5.41, 5.74) is 7.14. The van der Waals surface area contributed by atoms with E-state index in [1.807, 2.05) is 4.90 Å². The zero-order valence-corrected chi connectivity index (χ0v) is 9.47. The van der Waals surface area contributed by atoms with Gasteiger partial charge >= 0.3 is 5.97 Å². The van der Waals surface area contributed by atoms with Crippen molar-refractivity contribution < 1.29 is 15.0 Å². The van der Waals surface area contributed by atoms with Crippen LogP contribution in [-0.4, -0.2) is 35.9 Å². The number of benzene rings is 1. The molecule has 1 atom stereocenters. The van der Waals surface area contributed by atoms with E-state index in [1.54, 1.807) is 18.2 Å². The highest BCUT2D eigenvalue weighted by Crippen LogP contribution is 2.32. The first-order valence-electron chi connectivity index (χ1n) is 5.61. The molecule has 0 bridgehead atoms. The SMILES string of the molecule is Nc1cccc(C(=O)O)c1N1CCC(CO)C1. The van der Waals surface area contributed by atoms with E-state index in [0.717, 1.165) is 13.0 Å². The van der Waals surface area contributed by atoms with E-state index in [1.165, 1.54) is 0 Å². The van der Waals surface area contributed by atoms with Gasteiger partial charge in [-0.1, -0.05) is 6.07 Å². The normalized spacial score (nSPS) is 19.6. The molecule has 0 spiro atoms. The van der Waals surface area contributed by atoms with E-state index in [2.05, 4.69) is 0 Å². The topological polar surface area (TPSA) is 86.8 Å². The highest BCUT2D eigenvalue weighted by Gasteiger charge is 2.26. The number of para-hydroxylation sites is 1. The number of hydrogen-bond donors (Lipinski definition) is 3. The summed E-state index contributed by atoms with van der Waals surface area (Å²) in [6.45, 7) is 1.52. The van der Waals surface area contributed by atoms with Crippen molar-refractivity contribution in [3.05, 3.63) is 23.8 Å². The van der Waals surface area contributed by atoms with E-state index in [4.69, 9.17) is 15.9 Å². The van der Waals surface area contributed by atoms with Crippen LogP contribution in [0, 0.1) is 5.92 Å². The Bertz CT molecular complexity index is 434. The number of nitrogens with zero attached hydrogens (tertiary/aromatic N) is 1. The molecule has 92 valence electrons. The fraction of sp³-hybridized carbons (Fsp3) is 0.417. The summed E-state index contributed by atoms with van der Waals surface area (Å²) in [5.74, 6) is -0.768. The van der Waals surface area contributed by atoms with Crippen LogP contribution in [0.15, 0.2) is 18.2 Å². The van der Waals surface area contributed by atoms with Crippen LogP contribution in [0.4, 0.5) is 11.4 Å². The minimum absolute atomic E-state index is 0.131. The van der Waals surface area contributed by atoms with Crippen LogP contribution < -0.4 is 10.6 Å². The fourth-order valence-electron chi connectivity index (χ4n) is 2.27. The molecule has 17 heavy (non-hydrogen) atoms. The Hall–Kier alpha value is -1.75. The maximum Gasteiger partial charge on any atom is 0.337 e. The second kappa shape index (κ2) is 4.63. The predicted molar refractivity (Wildman–Crippen MR) is 65.2 cm³/mol. The van der Waals surface area contributed by atoms with Crippen LogP contribution in [0.3, 0.4) is 0 Å². The molecule has 0 amide bonds. The number of anilines is 2. The van der Waals surface area contributed by atoms with E-state index in [9.17, 15) is 4.79 Å². The zero-order valence-electron chi connectivity index (χ0n) is 9.47. The van der Waals surface area contributed by atoms with Gasteiger partial charge in [-0.05, 0) is 18.6 Å². The number of carboxylic acids is 1. The third kappa shape index (κ3) is 2.19. The fourth-order valence-corrected chi connectivity index (χ4v) is 2.27. The van der Waals surface area contributed by atoms with Crippen molar-refractivity contribution >= 4 is 17.3 Å². The van der Waals surface area contributed by atoms with Crippen molar-refractivity contribution in [2.75, 3.05) is 30.3 Å². The van der Waals surface area contributed by atoms with E-state index < -0.39 is 5.97 Å². The monoisotopic (exact) mass is 236 g/mol. The molecule has 1 unspecified atom stereocenters. The third-order valence-corrected chi connectivity index (χ3v) is 3.16. The highest BCUT2D eigenvalue weighted by atomic mass is 16.4. The molecule has 1 aliphatic rings. The van der Waals surface area contributed by atoms with Crippen LogP contribution in [0.2, 0.25) is 0 Å². The van der Waals surface area contributed by atoms with Crippen molar-refractivity contribution in [1.82, 2.24) is 0 Å². The van der Waals surface area contributed by atoms with Gasteiger partial charge < -0.3 is 20.8 Å². The summed E-state index contributed by atoms with van der Waals surface area (Å²) < 4.78 is 0. The average Bonchev–Trinajstić information content (AvgIpc) is 2.76. The molecule has 1 aromatic rings. The Balaban J connectivity index is 2.34. The molecule has 2 rings (SSSR count). The summed E-state index contributed by atoms with van der Waals surface area (Å²) in [5, 5.41) is 18.2. The number of nitrogen functional groups attached to an aromatic ring is 1. The van der Waals surface area contributed by atoms with Gasteiger partial charge in [-0.25, -0.2) is 4.79 Å². The second-order valence-corrected chi connectivity index (χ2v) is 4.33. The Kier molecular flexibility index (Phi) is 3.19. The first-order chi connectivity index (χ1) is 8.13. The van der Waals surface area contributed by atoms with Gasteiger partial charge in [-0.3, -0.25) is 0 Å². The van der Waals surface area contributed by atoms with Crippen molar-refractivity contribution in [3.8, 4) is 0 Å². The lowest BCUT2D eigenvalue weighted by Crippen LogP contribution is -2.24. The van der Waals surface area contributed by atoms with Gasteiger partial charge in [0.2, 0.25) is 0 Å². The Morgan fingerprint density at radius 3 is 2.88 bits per heavy atom. The van der Waals surface area contributed by atoms with Crippen LogP contribution in [-0.2, 0) is 0 Å². The summed E-state index contributed by atoms with van der Waals surface area (Å²) in [6.07, 6.45) is 0.865. The van der Waals surface area contributed by atoms with Gasteiger partial charge in [0.1, 0.15) is 0 Å². The second-order valence-electron chi connectivity index (χ2n) is 4.33. The lowest BCUT2D eigenvalue weighted by molar-refractivity contribution is 0.0697. The molecule has 5 nitrogen and oxygen atoms in total. The molecule has 1 heterocycles. The molecule has 5 heteroatoms. The van der Waals surface area contributed by atoms with Gasteiger partial charge in [0.25, 0.3) is 0 Å². The number of aliphatic hydroxyl groups excluding tert-OH is 1. The Morgan fingerprint density at radius 2 is 2.29 bits per heavy atom. The van der Waals surface area contributed by atoms with Crippen LogP contribution in [0.1, 0.15) is 16.8 Å². The van der Waals surface area contributed by atoms with Crippen molar-refractivity contribution in [3.63, 3.8) is 0 Å². The molecule has 4 N–H and O–H groups in total. The van der Waals surface area contributed by atoms with Gasteiger partial charge in [0, 0.05) is 25.6 Å². The number of carboxylic acid groups (broad SMARTS) is 1. The number of hydrogen-bond acceptors (Lipinski definition) is 4. The minimum Gasteiger partial charge on any atom is -0.478 e. The quantitative estimate of drug-likeness (QED) is 0.675. The first kappa shape index (κ1) is 11.7. The van der Waals surface area contributed by atoms with Crippen LogP contribution in [0.5, 0.6) is 0 Å². The number of aliphatic hydroxyl groups is 1. The maximum atomic E-state index is 11.2. The molecule has 0 radical (unpaired) electrons. The minimum atomic E-state index is -0.972. The van der Waals surface area contributed by atoms with Gasteiger partial charge in [0.15, 0.2) is 0 Å². The molecular weight excluding hydrogens is 220 g/mol. The summed E-state index contributed by atoms with van der Waals surface area (Å²) in [4.78, 5) is 13.1. The summed E-state index contributed by atoms with van der Waals surface area (Å²) >= 11 is 0. The lowest BCUT2D eigenvalue weighted by Gasteiger charge is -2.22. The molecule has 0 aromatic heterocycles. The number of nitrogens with two attached hydrogens (primary N) is 1. The molecule has 0 aliphatic carbocycles. The van der Waals surface area contributed by atoms with Gasteiger partial charge in [-0.2, -0.15) is 0 Å². The van der Waals surface area contributed by atoms with E-state index in [-0.39, 0.29) is 18.1 Å². The highest BCUT2D eigenvalue weighted by molar-refractivity contribution is 5.98. The largest absolute Gasteiger partial charge is 0.478 e. The standard InChI is InChI=1S/C12H16N2O3/c13-10-3-1-2-9(12(16)17)11(10)14-5-4-8(6-14)7-15/h1-3,8,15H,4-7,13H2,(H,16,17). The van der Waals surface area contributed by atoms with Crippen molar-refractivity contribution in [2.24, 2.45) is 5.92 Å². The third-order valence-electron chi connectivity index (χ3n) is 3.16. The zero-order chi connectivity index (χ0) is 12.4. The van der Waals surface area contributed by atoms with Crippen LogP contribution >= 0.6 is 0 Å². The number of carbonyl (C=O) groups is 1. The van der Waals surface area contributed by atoms with E-state index >= 15 is 0 Å². The molecule has 1 aliphatic heterocycles. The molecule has 1 fully saturated rings. The number of aromatic carboxylic acids is 1. The lowest BCUT2D eigenvalue weighted by atomic mass is 10.1. The van der Waals surface area contributed by atoms with Gasteiger partial charge in [-0.15, -0.1) is 0 Å². The maximum absolute atomic E-state index is 11.2. The van der Waals surface area contributed by atoms with Crippen LogP contribution in [0.25, 0.3) is 0 Å². The van der Waals surface area contributed by atoms with Crippen molar-refractivity contribution in [2.45, 2.75) is 6.42 Å². The molecule has 1 saturated heterocycles. The average molecular weight is 236 g/mol. The Labute approximate surface area is 99.5 Å². The summed E-state index contributed by atoms with van der Waals surface area (Å²) in [7, 11) is 0. The number of rotatable bonds is 3. The summed E-state index contributed by atoms with van der Waals surface area (Å²) in [6, 6.07) is 4.90. The molecule has 0 saturated carbocycles. The smallest absolute Gasteiger partial charge is 0.337 e. The van der Waals surface area contributed by atoms with Crippen molar-refractivity contribution in [1.29, 1.82) is 0 Å².